The second-order valence-corrected chi connectivity index (χ2v) is 8.93. The first-order valence-corrected chi connectivity index (χ1v) is 10.5. The number of nitrogens with zero attached hydrogens (tertiary/aromatic N) is 1. The van der Waals surface area contributed by atoms with Gasteiger partial charge in [0.1, 0.15) is 9.77 Å². The highest BCUT2D eigenvalue weighted by atomic mass is 32.2. The van der Waals surface area contributed by atoms with Gasteiger partial charge in [0.15, 0.2) is 0 Å². The van der Waals surface area contributed by atoms with Gasteiger partial charge in [-0.15, -0.1) is 11.3 Å². The number of alkyl halides is 3. The molecule has 1 aliphatic rings. The lowest BCUT2D eigenvalue weighted by Crippen LogP contribution is -2.30. The zero-order chi connectivity index (χ0) is 19.7. The molecule has 27 heavy (non-hydrogen) atoms. The van der Waals surface area contributed by atoms with Gasteiger partial charge in [0, 0.05) is 19.6 Å². The molecule has 0 radical (unpaired) electrons. The molecule has 0 bridgehead atoms. The zero-order valence-electron chi connectivity index (χ0n) is 14.1. The summed E-state index contributed by atoms with van der Waals surface area (Å²) < 4.78 is 65.0. The molecule has 5 nitrogen and oxygen atoms in total. The summed E-state index contributed by atoms with van der Waals surface area (Å²) in [6, 6.07) is 6.02. The van der Waals surface area contributed by atoms with Crippen molar-refractivity contribution in [2.45, 2.75) is 30.5 Å². The van der Waals surface area contributed by atoms with Crippen molar-refractivity contribution in [3.8, 4) is 0 Å². The predicted octanol–water partition coefficient (Wildman–Crippen LogP) is 3.48. The zero-order valence-corrected chi connectivity index (χ0v) is 15.8. The van der Waals surface area contributed by atoms with Crippen molar-refractivity contribution < 1.29 is 26.4 Å². The van der Waals surface area contributed by atoms with Gasteiger partial charge in [0.2, 0.25) is 10.0 Å². The molecule has 0 aliphatic carbocycles. The Morgan fingerprint density at radius 3 is 2.56 bits per heavy atom. The minimum Gasteiger partial charge on any atom is -0.347 e. The summed E-state index contributed by atoms with van der Waals surface area (Å²) in [5.74, 6) is -0.625. The van der Waals surface area contributed by atoms with Crippen LogP contribution in [0.3, 0.4) is 0 Å². The molecule has 2 heterocycles. The monoisotopic (exact) mass is 418 g/mol. The average molecular weight is 418 g/mol. The number of carbonyl (C=O) groups is 1. The fraction of sp³-hybridized carbons (Fsp3) is 0.353. The van der Waals surface area contributed by atoms with E-state index in [0.29, 0.717) is 13.1 Å². The van der Waals surface area contributed by atoms with Crippen molar-refractivity contribution >= 4 is 27.3 Å². The summed E-state index contributed by atoms with van der Waals surface area (Å²) in [7, 11) is -3.75. The van der Waals surface area contributed by atoms with E-state index in [2.05, 4.69) is 5.32 Å². The molecule has 10 heteroatoms. The molecule has 1 aromatic carbocycles. The Labute approximate surface area is 158 Å². The standard InChI is InChI=1S/C17H17F3N2O3S2/c18-17(19,20)13-5-3-4-12(10-13)11-21-16(23)15-14(6-9-26-15)27(24,25)22-7-1-2-8-22/h3-6,9-10H,1-2,7-8,11H2,(H,21,23). The van der Waals surface area contributed by atoms with Gasteiger partial charge >= 0.3 is 6.18 Å². The SMILES string of the molecule is O=C(NCc1cccc(C(F)(F)F)c1)c1sccc1S(=O)(=O)N1CCCC1. The van der Waals surface area contributed by atoms with Crippen LogP contribution in [0.4, 0.5) is 13.2 Å². The van der Waals surface area contributed by atoms with Gasteiger partial charge in [0.05, 0.1) is 5.56 Å². The Morgan fingerprint density at radius 2 is 1.89 bits per heavy atom. The molecule has 1 aliphatic heterocycles. The molecule has 1 N–H and O–H groups in total. The first-order valence-electron chi connectivity index (χ1n) is 8.21. The maximum absolute atomic E-state index is 12.8. The lowest BCUT2D eigenvalue weighted by Gasteiger charge is -2.15. The summed E-state index contributed by atoms with van der Waals surface area (Å²) >= 11 is 0.988. The van der Waals surface area contributed by atoms with E-state index in [1.54, 1.807) is 0 Å². The topological polar surface area (TPSA) is 66.5 Å². The van der Waals surface area contributed by atoms with E-state index in [9.17, 15) is 26.4 Å². The van der Waals surface area contributed by atoms with E-state index in [1.165, 1.54) is 27.9 Å². The summed E-state index contributed by atoms with van der Waals surface area (Å²) in [6.07, 6.45) is -2.91. The van der Waals surface area contributed by atoms with Crippen molar-refractivity contribution in [2.24, 2.45) is 0 Å². The molecule has 1 saturated heterocycles. The number of hydrogen-bond acceptors (Lipinski definition) is 4. The number of sulfonamides is 1. The minimum absolute atomic E-state index is 0.0360. The van der Waals surface area contributed by atoms with Crippen LogP contribution in [0.25, 0.3) is 0 Å². The van der Waals surface area contributed by atoms with E-state index in [4.69, 9.17) is 0 Å². The lowest BCUT2D eigenvalue weighted by atomic mass is 10.1. The molecular weight excluding hydrogens is 401 g/mol. The van der Waals surface area contributed by atoms with E-state index in [1.807, 2.05) is 0 Å². The number of carbonyl (C=O) groups excluding carboxylic acids is 1. The first-order chi connectivity index (χ1) is 12.7. The summed E-state index contributed by atoms with van der Waals surface area (Å²) in [5.41, 5.74) is -0.527. The van der Waals surface area contributed by atoms with E-state index >= 15 is 0 Å². The van der Waals surface area contributed by atoms with E-state index in [-0.39, 0.29) is 21.9 Å². The smallest absolute Gasteiger partial charge is 0.347 e. The Kier molecular flexibility index (Phi) is 5.59. The molecule has 0 saturated carbocycles. The third-order valence-corrected chi connectivity index (χ3v) is 7.21. The summed E-state index contributed by atoms with van der Waals surface area (Å²) in [6.45, 7) is 0.705. The predicted molar refractivity (Wildman–Crippen MR) is 94.9 cm³/mol. The van der Waals surface area contributed by atoms with Crippen molar-refractivity contribution in [1.29, 1.82) is 0 Å². The molecule has 146 valence electrons. The van der Waals surface area contributed by atoms with Gasteiger partial charge in [-0.2, -0.15) is 17.5 Å². The number of hydrogen-bond donors (Lipinski definition) is 1. The Balaban J connectivity index is 1.74. The van der Waals surface area contributed by atoms with Crippen molar-refractivity contribution in [1.82, 2.24) is 9.62 Å². The fourth-order valence-corrected chi connectivity index (χ4v) is 5.69. The normalized spacial score (nSPS) is 15.8. The van der Waals surface area contributed by atoms with Crippen LogP contribution < -0.4 is 5.32 Å². The van der Waals surface area contributed by atoms with Crippen molar-refractivity contribution in [3.63, 3.8) is 0 Å². The lowest BCUT2D eigenvalue weighted by molar-refractivity contribution is -0.137. The highest BCUT2D eigenvalue weighted by Crippen LogP contribution is 2.30. The van der Waals surface area contributed by atoms with E-state index in [0.717, 1.165) is 36.3 Å². The van der Waals surface area contributed by atoms with Crippen LogP contribution in [0.5, 0.6) is 0 Å². The fourth-order valence-electron chi connectivity index (χ4n) is 2.85. The van der Waals surface area contributed by atoms with Crippen LogP contribution in [0.2, 0.25) is 0 Å². The molecule has 1 fully saturated rings. The second-order valence-electron chi connectivity index (χ2n) is 6.11. The summed E-state index contributed by atoms with van der Waals surface area (Å²) in [5, 5.41) is 4.02. The summed E-state index contributed by atoms with van der Waals surface area (Å²) in [4.78, 5) is 12.4. The number of benzene rings is 1. The molecule has 1 amide bonds. The largest absolute Gasteiger partial charge is 0.416 e. The van der Waals surface area contributed by atoms with Crippen LogP contribution >= 0.6 is 11.3 Å². The van der Waals surface area contributed by atoms with Crippen LogP contribution in [0.15, 0.2) is 40.6 Å². The van der Waals surface area contributed by atoms with Crippen molar-refractivity contribution in [3.05, 3.63) is 51.7 Å². The molecule has 0 atom stereocenters. The number of halogens is 3. The number of amides is 1. The van der Waals surface area contributed by atoms with Crippen LogP contribution in [0, 0.1) is 0 Å². The highest BCUT2D eigenvalue weighted by molar-refractivity contribution is 7.89. The molecule has 2 aromatic rings. The third kappa shape index (κ3) is 4.33. The molecule has 1 aromatic heterocycles. The molecule has 3 rings (SSSR count). The van der Waals surface area contributed by atoms with Crippen LogP contribution in [0.1, 0.15) is 33.6 Å². The Morgan fingerprint density at radius 1 is 1.19 bits per heavy atom. The number of thiophene rings is 1. The van der Waals surface area contributed by atoms with Gasteiger partial charge in [0.25, 0.3) is 5.91 Å². The maximum Gasteiger partial charge on any atom is 0.416 e. The second kappa shape index (κ2) is 7.61. The average Bonchev–Trinajstić information content (AvgIpc) is 3.31. The first kappa shape index (κ1) is 19.8. The van der Waals surface area contributed by atoms with Gasteiger partial charge in [-0.1, -0.05) is 12.1 Å². The third-order valence-electron chi connectivity index (χ3n) is 4.23. The van der Waals surface area contributed by atoms with Gasteiger partial charge in [-0.3, -0.25) is 4.79 Å². The molecule has 0 spiro atoms. The molecular formula is C17H17F3N2O3S2. The minimum atomic E-state index is -4.47. The highest BCUT2D eigenvalue weighted by Gasteiger charge is 2.32. The quantitative estimate of drug-likeness (QED) is 0.809. The van der Waals surface area contributed by atoms with E-state index < -0.39 is 27.7 Å². The Hall–Kier alpha value is -1.91. The number of nitrogens with one attached hydrogen (secondary N) is 1. The maximum atomic E-state index is 12.8. The van der Waals surface area contributed by atoms with Crippen LogP contribution in [-0.2, 0) is 22.7 Å². The Bertz CT molecular complexity index is 933. The van der Waals surface area contributed by atoms with Crippen molar-refractivity contribution in [2.75, 3.05) is 13.1 Å². The number of rotatable bonds is 5. The van der Waals surface area contributed by atoms with Gasteiger partial charge in [-0.25, -0.2) is 8.42 Å². The molecule has 0 unspecified atom stereocenters. The van der Waals surface area contributed by atoms with Crippen LogP contribution in [-0.4, -0.2) is 31.7 Å². The van der Waals surface area contributed by atoms with Gasteiger partial charge < -0.3 is 5.32 Å². The van der Waals surface area contributed by atoms with Gasteiger partial charge in [-0.05, 0) is 42.0 Å².